The number of anilines is 1. The quantitative estimate of drug-likeness (QED) is 0.312. The Morgan fingerprint density at radius 3 is 2.20 bits per heavy atom. The van der Waals surface area contributed by atoms with Crippen LogP contribution < -0.4 is 14.8 Å². The standard InChI is InChI=1S/C30H34N2O8S/c1-37-25-10-8-22(9-11-25)23-20-28(30(34)31-24-6-4-3-5-7-24)40-29(21-23)39-19-17-32(16-18-33)41(35,36)27-14-12-26(38-2)13-15-27/h3-15,20,23,29,33H,16-19,21H2,1-2H3,(H,31,34)/t23-,29+/m1/s1. The van der Waals surface area contributed by atoms with Crippen LogP contribution in [0.3, 0.4) is 0 Å². The van der Waals surface area contributed by atoms with Crippen molar-refractivity contribution in [1.82, 2.24) is 4.31 Å². The van der Waals surface area contributed by atoms with Crippen molar-refractivity contribution in [1.29, 1.82) is 0 Å². The molecular formula is C30H34N2O8S. The molecule has 3 aromatic rings. The summed E-state index contributed by atoms with van der Waals surface area (Å²) in [5.41, 5.74) is 1.56. The average molecular weight is 583 g/mol. The third-order valence-electron chi connectivity index (χ3n) is 6.55. The van der Waals surface area contributed by atoms with Gasteiger partial charge in [-0.25, -0.2) is 8.42 Å². The number of sulfonamides is 1. The van der Waals surface area contributed by atoms with E-state index in [9.17, 15) is 18.3 Å². The maximum Gasteiger partial charge on any atom is 0.290 e. The largest absolute Gasteiger partial charge is 0.497 e. The summed E-state index contributed by atoms with van der Waals surface area (Å²) in [6, 6.07) is 22.6. The number of carbonyl (C=O) groups excluding carboxylic acids is 1. The van der Waals surface area contributed by atoms with Gasteiger partial charge in [-0.2, -0.15) is 4.31 Å². The minimum absolute atomic E-state index is 0.0248. The number of ether oxygens (including phenoxy) is 4. The highest BCUT2D eigenvalue weighted by Gasteiger charge is 2.30. The van der Waals surface area contributed by atoms with E-state index in [1.807, 2.05) is 42.5 Å². The fourth-order valence-electron chi connectivity index (χ4n) is 4.36. The van der Waals surface area contributed by atoms with E-state index in [0.29, 0.717) is 23.6 Å². The van der Waals surface area contributed by atoms with E-state index in [1.165, 1.54) is 19.2 Å². The molecule has 2 atom stereocenters. The molecule has 0 saturated carbocycles. The number of benzene rings is 3. The predicted molar refractivity (Wildman–Crippen MR) is 153 cm³/mol. The van der Waals surface area contributed by atoms with Crippen LogP contribution >= 0.6 is 0 Å². The zero-order valence-electron chi connectivity index (χ0n) is 22.9. The molecule has 0 fully saturated rings. The van der Waals surface area contributed by atoms with Gasteiger partial charge in [0.25, 0.3) is 5.91 Å². The lowest BCUT2D eigenvalue weighted by molar-refractivity contribution is -0.143. The first-order chi connectivity index (χ1) is 19.8. The van der Waals surface area contributed by atoms with Crippen LogP contribution in [-0.2, 0) is 24.3 Å². The molecule has 11 heteroatoms. The normalized spacial score (nSPS) is 16.9. The van der Waals surface area contributed by atoms with E-state index < -0.39 is 22.2 Å². The average Bonchev–Trinajstić information content (AvgIpc) is 3.01. The second kappa shape index (κ2) is 14.1. The molecule has 1 heterocycles. The second-order valence-corrected chi connectivity index (χ2v) is 11.1. The number of amides is 1. The van der Waals surface area contributed by atoms with Crippen molar-refractivity contribution in [3.8, 4) is 11.5 Å². The number of methoxy groups -OCH3 is 2. The Bertz CT molecular complexity index is 1410. The molecule has 0 aliphatic carbocycles. The SMILES string of the molecule is COc1ccc([C@@H]2C=C(C(=O)Nc3ccccc3)O[C@H](OCCN(CCO)S(=O)(=O)c3ccc(OC)cc3)C2)cc1. The van der Waals surface area contributed by atoms with Crippen LogP contribution in [0.1, 0.15) is 17.9 Å². The van der Waals surface area contributed by atoms with Gasteiger partial charge in [0.05, 0.1) is 32.3 Å². The highest BCUT2D eigenvalue weighted by atomic mass is 32.2. The summed E-state index contributed by atoms with van der Waals surface area (Å²) in [6.07, 6.45) is 1.34. The van der Waals surface area contributed by atoms with Gasteiger partial charge in [-0.15, -0.1) is 0 Å². The molecule has 218 valence electrons. The van der Waals surface area contributed by atoms with Gasteiger partial charge >= 0.3 is 0 Å². The Hall–Kier alpha value is -3.90. The van der Waals surface area contributed by atoms with Crippen molar-refractivity contribution in [3.05, 3.63) is 96.3 Å². The van der Waals surface area contributed by atoms with E-state index in [0.717, 1.165) is 9.87 Å². The minimum Gasteiger partial charge on any atom is -0.497 e. The molecule has 0 radical (unpaired) electrons. The predicted octanol–water partition coefficient (Wildman–Crippen LogP) is 3.76. The van der Waals surface area contributed by atoms with Gasteiger partial charge in [0.15, 0.2) is 5.76 Å². The van der Waals surface area contributed by atoms with Gasteiger partial charge in [0.2, 0.25) is 16.3 Å². The molecule has 1 aliphatic heterocycles. The molecule has 10 nitrogen and oxygen atoms in total. The monoisotopic (exact) mass is 582 g/mol. The number of aliphatic hydroxyl groups is 1. The number of nitrogens with one attached hydrogen (secondary N) is 1. The Kier molecular flexibility index (Phi) is 10.4. The fraction of sp³-hybridized carbons (Fsp3) is 0.300. The molecule has 1 amide bonds. The van der Waals surface area contributed by atoms with Gasteiger partial charge in [0, 0.05) is 31.1 Å². The maximum absolute atomic E-state index is 13.2. The lowest BCUT2D eigenvalue weighted by Gasteiger charge is -2.30. The Morgan fingerprint density at radius 2 is 1.59 bits per heavy atom. The molecule has 4 rings (SSSR count). The molecule has 3 aromatic carbocycles. The number of hydrogen-bond donors (Lipinski definition) is 2. The molecular weight excluding hydrogens is 548 g/mol. The number of allylic oxidation sites excluding steroid dienone is 1. The number of nitrogens with zero attached hydrogens (tertiary/aromatic N) is 1. The summed E-state index contributed by atoms with van der Waals surface area (Å²) in [7, 11) is -0.812. The van der Waals surface area contributed by atoms with E-state index in [2.05, 4.69) is 5.32 Å². The van der Waals surface area contributed by atoms with E-state index >= 15 is 0 Å². The van der Waals surface area contributed by atoms with Crippen LogP contribution in [0.4, 0.5) is 5.69 Å². The van der Waals surface area contributed by atoms with E-state index in [4.69, 9.17) is 18.9 Å². The molecule has 41 heavy (non-hydrogen) atoms. The Labute approximate surface area is 240 Å². The van der Waals surface area contributed by atoms with Crippen molar-refractivity contribution in [3.63, 3.8) is 0 Å². The number of aliphatic hydroxyl groups excluding tert-OH is 1. The van der Waals surface area contributed by atoms with Crippen LogP contribution in [-0.4, -0.2) is 70.5 Å². The zero-order chi connectivity index (χ0) is 29.2. The lowest BCUT2D eigenvalue weighted by Crippen LogP contribution is -2.37. The van der Waals surface area contributed by atoms with Crippen molar-refractivity contribution >= 4 is 21.6 Å². The van der Waals surface area contributed by atoms with Gasteiger partial charge in [-0.05, 0) is 60.2 Å². The van der Waals surface area contributed by atoms with Gasteiger partial charge < -0.3 is 29.4 Å². The molecule has 2 N–H and O–H groups in total. The Balaban J connectivity index is 1.47. The van der Waals surface area contributed by atoms with E-state index in [1.54, 1.807) is 37.5 Å². The topological polar surface area (TPSA) is 124 Å². The smallest absolute Gasteiger partial charge is 0.290 e. The minimum atomic E-state index is -3.90. The molecule has 0 bridgehead atoms. The van der Waals surface area contributed by atoms with Crippen LogP contribution in [0, 0.1) is 0 Å². The van der Waals surface area contributed by atoms with Crippen molar-refractivity contribution in [2.24, 2.45) is 0 Å². The zero-order valence-corrected chi connectivity index (χ0v) is 23.8. The maximum atomic E-state index is 13.2. The highest BCUT2D eigenvalue weighted by molar-refractivity contribution is 7.89. The first kappa shape index (κ1) is 30.1. The van der Waals surface area contributed by atoms with Gasteiger partial charge in [-0.1, -0.05) is 30.3 Å². The van der Waals surface area contributed by atoms with Crippen molar-refractivity contribution < 1.29 is 37.3 Å². The number of para-hydroxylation sites is 1. The third-order valence-corrected chi connectivity index (χ3v) is 8.46. The number of hydrogen-bond acceptors (Lipinski definition) is 8. The summed E-state index contributed by atoms with van der Waals surface area (Å²) in [4.78, 5) is 13.2. The van der Waals surface area contributed by atoms with Crippen LogP contribution in [0.5, 0.6) is 11.5 Å². The molecule has 0 aromatic heterocycles. The second-order valence-electron chi connectivity index (χ2n) is 9.19. The molecule has 0 spiro atoms. The van der Waals surface area contributed by atoms with Crippen molar-refractivity contribution in [2.75, 3.05) is 45.8 Å². The Morgan fingerprint density at radius 1 is 0.951 bits per heavy atom. The summed E-state index contributed by atoms with van der Waals surface area (Å²) < 4.78 is 49.9. The summed E-state index contributed by atoms with van der Waals surface area (Å²) >= 11 is 0. The first-order valence-electron chi connectivity index (χ1n) is 13.1. The fourth-order valence-corrected chi connectivity index (χ4v) is 5.78. The number of carbonyl (C=O) groups is 1. The van der Waals surface area contributed by atoms with Crippen LogP contribution in [0.25, 0.3) is 0 Å². The lowest BCUT2D eigenvalue weighted by atomic mass is 9.93. The molecule has 1 aliphatic rings. The summed E-state index contributed by atoms with van der Waals surface area (Å²) in [5.74, 6) is 0.715. The van der Waals surface area contributed by atoms with Crippen LogP contribution in [0.15, 0.2) is 95.6 Å². The van der Waals surface area contributed by atoms with Gasteiger partial charge in [0.1, 0.15) is 11.5 Å². The van der Waals surface area contributed by atoms with Gasteiger partial charge in [-0.3, -0.25) is 4.79 Å². The molecule has 0 unspecified atom stereocenters. The number of rotatable bonds is 13. The third kappa shape index (κ3) is 7.86. The summed E-state index contributed by atoms with van der Waals surface area (Å²) in [5, 5.41) is 12.4. The summed E-state index contributed by atoms with van der Waals surface area (Å²) in [6.45, 7) is -0.524. The van der Waals surface area contributed by atoms with E-state index in [-0.39, 0.29) is 42.9 Å². The van der Waals surface area contributed by atoms with Crippen molar-refractivity contribution in [2.45, 2.75) is 23.5 Å². The van der Waals surface area contributed by atoms with Crippen LogP contribution in [0.2, 0.25) is 0 Å². The highest BCUT2D eigenvalue weighted by Crippen LogP contribution is 2.33. The molecule has 0 saturated heterocycles. The first-order valence-corrected chi connectivity index (χ1v) is 14.5.